The summed E-state index contributed by atoms with van der Waals surface area (Å²) in [6.45, 7) is -0.245. The zero-order valence-corrected chi connectivity index (χ0v) is 15.6. The van der Waals surface area contributed by atoms with E-state index < -0.39 is 34.7 Å². The molecule has 0 atom stereocenters. The van der Waals surface area contributed by atoms with E-state index in [0.29, 0.717) is 28.6 Å². The molecule has 0 fully saturated rings. The highest BCUT2D eigenvalue weighted by atomic mass is 35.5. The summed E-state index contributed by atoms with van der Waals surface area (Å²) in [7, 11) is 0. The molecule has 10 heteroatoms. The van der Waals surface area contributed by atoms with Crippen LogP contribution in [0.5, 0.6) is 0 Å². The summed E-state index contributed by atoms with van der Waals surface area (Å²) in [6, 6.07) is 10.4. The van der Waals surface area contributed by atoms with Crippen LogP contribution in [-0.4, -0.2) is 16.3 Å². The van der Waals surface area contributed by atoms with Gasteiger partial charge in [-0.3, -0.25) is 0 Å². The Hall–Kier alpha value is -3.59. The van der Waals surface area contributed by atoms with Crippen molar-refractivity contribution in [3.05, 3.63) is 82.5 Å². The van der Waals surface area contributed by atoms with E-state index in [2.05, 4.69) is 10.3 Å². The smallest absolute Gasteiger partial charge is 0.377 e. The molecular formula is C20H10ClF3N2O4. The van der Waals surface area contributed by atoms with Crippen LogP contribution >= 0.6 is 11.6 Å². The summed E-state index contributed by atoms with van der Waals surface area (Å²) >= 11 is 5.84. The second-order valence-corrected chi connectivity index (χ2v) is 6.52. The molecule has 0 saturated heterocycles. The van der Waals surface area contributed by atoms with Crippen LogP contribution in [0.1, 0.15) is 16.2 Å². The van der Waals surface area contributed by atoms with E-state index in [1.165, 1.54) is 0 Å². The van der Waals surface area contributed by atoms with Gasteiger partial charge < -0.3 is 13.8 Å². The maximum atomic E-state index is 13.8. The molecule has 2 heterocycles. The van der Waals surface area contributed by atoms with Crippen LogP contribution in [0.3, 0.4) is 0 Å². The summed E-state index contributed by atoms with van der Waals surface area (Å²) in [5, 5.41) is 7.81. The fourth-order valence-electron chi connectivity index (χ4n) is 2.62. The lowest BCUT2D eigenvalue weighted by atomic mass is 10.1. The van der Waals surface area contributed by atoms with Gasteiger partial charge in [-0.15, -0.1) is 0 Å². The van der Waals surface area contributed by atoms with E-state index in [4.69, 9.17) is 25.4 Å². The second-order valence-electron chi connectivity index (χ2n) is 6.09. The SMILES string of the molecule is O=C(OCc1cc(-c2ccc(Cl)cc2)on1)c1cc(-c2c(F)cc(F)cc2F)no1. The van der Waals surface area contributed by atoms with Gasteiger partial charge in [0.1, 0.15) is 35.4 Å². The summed E-state index contributed by atoms with van der Waals surface area (Å²) < 4.78 is 55.7. The molecule has 0 aliphatic heterocycles. The Bertz CT molecular complexity index is 1200. The van der Waals surface area contributed by atoms with Crippen molar-refractivity contribution in [3.63, 3.8) is 0 Å². The van der Waals surface area contributed by atoms with Crippen molar-refractivity contribution in [2.75, 3.05) is 0 Å². The Kier molecular flexibility index (Phi) is 5.28. The minimum Gasteiger partial charge on any atom is -0.453 e. The fraction of sp³-hybridized carbons (Fsp3) is 0.0500. The maximum Gasteiger partial charge on any atom is 0.377 e. The van der Waals surface area contributed by atoms with Crippen molar-refractivity contribution in [1.29, 1.82) is 0 Å². The number of carbonyl (C=O) groups is 1. The number of hydrogen-bond acceptors (Lipinski definition) is 6. The molecule has 2 aromatic carbocycles. The van der Waals surface area contributed by atoms with Gasteiger partial charge in [0.15, 0.2) is 5.76 Å². The van der Waals surface area contributed by atoms with Crippen LogP contribution < -0.4 is 0 Å². The minimum atomic E-state index is -1.18. The van der Waals surface area contributed by atoms with Gasteiger partial charge in [-0.1, -0.05) is 21.9 Å². The Labute approximate surface area is 171 Å². The van der Waals surface area contributed by atoms with Crippen LogP contribution in [0.4, 0.5) is 13.2 Å². The van der Waals surface area contributed by atoms with E-state index in [1.54, 1.807) is 30.3 Å². The molecule has 0 unspecified atom stereocenters. The third-order valence-electron chi connectivity index (χ3n) is 4.01. The summed E-state index contributed by atoms with van der Waals surface area (Å²) in [6.07, 6.45) is 0. The Morgan fingerprint density at radius 1 is 0.967 bits per heavy atom. The molecule has 0 spiro atoms. The highest BCUT2D eigenvalue weighted by molar-refractivity contribution is 6.30. The first-order valence-electron chi connectivity index (χ1n) is 8.41. The zero-order chi connectivity index (χ0) is 21.3. The van der Waals surface area contributed by atoms with Crippen molar-refractivity contribution < 1.29 is 31.7 Å². The number of nitrogens with zero attached hydrogens (tertiary/aromatic N) is 2. The van der Waals surface area contributed by atoms with Gasteiger partial charge in [-0.05, 0) is 24.3 Å². The van der Waals surface area contributed by atoms with Crippen LogP contribution in [0.2, 0.25) is 5.02 Å². The van der Waals surface area contributed by atoms with Gasteiger partial charge in [-0.2, -0.15) is 0 Å². The van der Waals surface area contributed by atoms with E-state index in [-0.39, 0.29) is 12.3 Å². The molecule has 2 aromatic heterocycles. The average Bonchev–Trinajstić information content (AvgIpc) is 3.36. The second kappa shape index (κ2) is 8.03. The fourth-order valence-corrected chi connectivity index (χ4v) is 2.74. The first-order valence-corrected chi connectivity index (χ1v) is 8.79. The van der Waals surface area contributed by atoms with Gasteiger partial charge in [-0.25, -0.2) is 18.0 Å². The normalized spacial score (nSPS) is 10.9. The quantitative estimate of drug-likeness (QED) is 0.390. The van der Waals surface area contributed by atoms with Crippen LogP contribution in [0, 0.1) is 17.5 Å². The van der Waals surface area contributed by atoms with Gasteiger partial charge in [0, 0.05) is 34.9 Å². The molecule has 4 rings (SSSR count). The molecule has 6 nitrogen and oxygen atoms in total. The standard InChI is InChI=1S/C20H10ClF3N2O4/c21-11-3-1-10(2-4-11)17-7-13(25-29-17)9-28-20(27)18-8-16(26-30-18)19-14(23)5-12(22)6-15(19)24/h1-8H,9H2. The number of ether oxygens (including phenoxy) is 1. The largest absolute Gasteiger partial charge is 0.453 e. The molecule has 0 N–H and O–H groups in total. The summed E-state index contributed by atoms with van der Waals surface area (Å²) in [5.74, 6) is -4.33. The van der Waals surface area contributed by atoms with Crippen molar-refractivity contribution in [1.82, 2.24) is 10.3 Å². The van der Waals surface area contributed by atoms with Crippen molar-refractivity contribution in [2.45, 2.75) is 6.61 Å². The lowest BCUT2D eigenvalue weighted by Gasteiger charge is -2.00. The molecule has 0 bridgehead atoms. The molecule has 152 valence electrons. The predicted molar refractivity (Wildman–Crippen MR) is 97.9 cm³/mol. The number of halogens is 4. The lowest BCUT2D eigenvalue weighted by molar-refractivity contribution is 0.0417. The summed E-state index contributed by atoms with van der Waals surface area (Å²) in [4.78, 5) is 12.1. The molecule has 0 aliphatic rings. The number of carbonyl (C=O) groups excluding carboxylic acids is 1. The number of hydrogen-bond donors (Lipinski definition) is 0. The number of aromatic nitrogens is 2. The molecule has 0 saturated carbocycles. The van der Waals surface area contributed by atoms with E-state index in [1.807, 2.05) is 0 Å². The topological polar surface area (TPSA) is 78.4 Å². The highest BCUT2D eigenvalue weighted by Gasteiger charge is 2.21. The Morgan fingerprint density at radius 2 is 1.67 bits per heavy atom. The molecule has 4 aromatic rings. The number of rotatable bonds is 5. The van der Waals surface area contributed by atoms with Crippen LogP contribution in [0.15, 0.2) is 57.6 Å². The Balaban J connectivity index is 1.44. The molecule has 30 heavy (non-hydrogen) atoms. The molecule has 0 aliphatic carbocycles. The van der Waals surface area contributed by atoms with Gasteiger partial charge >= 0.3 is 5.97 Å². The van der Waals surface area contributed by atoms with E-state index in [9.17, 15) is 18.0 Å². The number of benzene rings is 2. The van der Waals surface area contributed by atoms with Crippen molar-refractivity contribution in [3.8, 4) is 22.6 Å². The maximum absolute atomic E-state index is 13.8. The predicted octanol–water partition coefficient (Wildman–Crippen LogP) is 5.42. The molecular weight excluding hydrogens is 425 g/mol. The van der Waals surface area contributed by atoms with E-state index in [0.717, 1.165) is 11.6 Å². The first kappa shape index (κ1) is 19.7. The lowest BCUT2D eigenvalue weighted by Crippen LogP contribution is -2.04. The first-order chi connectivity index (χ1) is 14.4. The third kappa shape index (κ3) is 4.06. The molecule has 0 amide bonds. The van der Waals surface area contributed by atoms with Gasteiger partial charge in [0.05, 0.1) is 5.56 Å². The van der Waals surface area contributed by atoms with Gasteiger partial charge in [0.25, 0.3) is 0 Å². The highest BCUT2D eigenvalue weighted by Crippen LogP contribution is 2.27. The third-order valence-corrected chi connectivity index (χ3v) is 4.27. The Morgan fingerprint density at radius 3 is 2.37 bits per heavy atom. The van der Waals surface area contributed by atoms with Crippen molar-refractivity contribution >= 4 is 17.6 Å². The van der Waals surface area contributed by atoms with E-state index >= 15 is 0 Å². The minimum absolute atomic E-state index is 0.245. The monoisotopic (exact) mass is 434 g/mol. The average molecular weight is 435 g/mol. The number of esters is 1. The van der Waals surface area contributed by atoms with Crippen LogP contribution in [0.25, 0.3) is 22.6 Å². The van der Waals surface area contributed by atoms with Crippen LogP contribution in [-0.2, 0) is 11.3 Å². The molecule has 0 radical (unpaired) electrons. The summed E-state index contributed by atoms with van der Waals surface area (Å²) in [5.41, 5.74) is 0.114. The van der Waals surface area contributed by atoms with Gasteiger partial charge in [0.2, 0.25) is 5.76 Å². The van der Waals surface area contributed by atoms with Crippen molar-refractivity contribution in [2.24, 2.45) is 0 Å². The zero-order valence-electron chi connectivity index (χ0n) is 14.9.